The van der Waals surface area contributed by atoms with Crippen molar-refractivity contribution in [2.24, 2.45) is 5.92 Å². The molecule has 104 valence electrons. The summed E-state index contributed by atoms with van der Waals surface area (Å²) in [5, 5.41) is 0. The lowest BCUT2D eigenvalue weighted by Gasteiger charge is -2.19. The van der Waals surface area contributed by atoms with Gasteiger partial charge in [-0.3, -0.25) is 9.59 Å². The Morgan fingerprint density at radius 2 is 1.95 bits per heavy atom. The molecular weight excluding hydrogens is 260 g/mol. The third-order valence-corrected chi connectivity index (χ3v) is 3.72. The van der Waals surface area contributed by atoms with Gasteiger partial charge in [-0.1, -0.05) is 0 Å². The molecule has 3 rings (SSSR count). The van der Waals surface area contributed by atoms with Gasteiger partial charge in [0.15, 0.2) is 5.58 Å². The normalized spacial score (nSPS) is 16.7. The van der Waals surface area contributed by atoms with Crippen molar-refractivity contribution in [3.8, 4) is 0 Å². The molecule has 20 heavy (non-hydrogen) atoms. The Bertz CT molecular complexity index is 746. The molecule has 1 aromatic carbocycles. The number of carbonyl (C=O) groups excluding carboxylic acids is 2. The maximum atomic E-state index is 12.4. The van der Waals surface area contributed by atoms with Crippen LogP contribution in [0.5, 0.6) is 0 Å². The van der Waals surface area contributed by atoms with E-state index >= 15 is 0 Å². The zero-order valence-electron chi connectivity index (χ0n) is 10.8. The molecule has 0 saturated heterocycles. The number of hydrogen-bond acceptors (Lipinski definition) is 5. The molecule has 0 unspecified atom stereocenters. The Morgan fingerprint density at radius 3 is 2.65 bits per heavy atom. The second kappa shape index (κ2) is 4.63. The second-order valence-electron chi connectivity index (χ2n) is 5.08. The summed E-state index contributed by atoms with van der Waals surface area (Å²) in [6.45, 7) is 0. The Balaban J connectivity index is 2.01. The van der Waals surface area contributed by atoms with Gasteiger partial charge in [0, 0.05) is 30.5 Å². The number of aromatic nitrogens is 1. The van der Waals surface area contributed by atoms with E-state index in [0.717, 1.165) is 4.57 Å². The van der Waals surface area contributed by atoms with Crippen molar-refractivity contribution in [1.82, 2.24) is 4.57 Å². The van der Waals surface area contributed by atoms with Crippen LogP contribution in [0.1, 0.15) is 30.5 Å². The van der Waals surface area contributed by atoms with Gasteiger partial charge >= 0.3 is 5.76 Å². The van der Waals surface area contributed by atoms with Gasteiger partial charge in [-0.05, 0) is 25.0 Å². The van der Waals surface area contributed by atoms with Crippen LogP contribution < -0.4 is 11.5 Å². The van der Waals surface area contributed by atoms with Gasteiger partial charge in [-0.25, -0.2) is 9.36 Å². The molecule has 0 radical (unpaired) electrons. The lowest BCUT2D eigenvalue weighted by Crippen LogP contribution is -2.31. The van der Waals surface area contributed by atoms with Crippen LogP contribution in [0, 0.1) is 5.92 Å². The third-order valence-electron chi connectivity index (χ3n) is 3.72. The lowest BCUT2D eigenvalue weighted by atomic mass is 9.88. The molecule has 0 bridgehead atoms. The average Bonchev–Trinajstić information content (AvgIpc) is 2.73. The highest BCUT2D eigenvalue weighted by molar-refractivity contribution is 5.92. The predicted octanol–water partition coefficient (Wildman–Crippen LogP) is 1.58. The number of Topliss-reactive ketones (excluding diaryl/α,β-unsaturated/α-hetero) is 1. The maximum Gasteiger partial charge on any atom is 0.426 e. The van der Waals surface area contributed by atoms with E-state index in [0.29, 0.717) is 42.5 Å². The van der Waals surface area contributed by atoms with Crippen molar-refractivity contribution in [2.45, 2.75) is 25.7 Å². The number of benzene rings is 1. The lowest BCUT2D eigenvalue weighted by molar-refractivity contribution is -0.120. The van der Waals surface area contributed by atoms with Crippen LogP contribution in [0.15, 0.2) is 27.4 Å². The van der Waals surface area contributed by atoms with Crippen LogP contribution in [-0.2, 0) is 4.79 Å². The number of nitrogen functional groups attached to an aromatic ring is 1. The zero-order chi connectivity index (χ0) is 14.3. The first-order valence-electron chi connectivity index (χ1n) is 6.53. The summed E-state index contributed by atoms with van der Waals surface area (Å²) in [5.41, 5.74) is 6.81. The van der Waals surface area contributed by atoms with E-state index in [-0.39, 0.29) is 17.6 Å². The van der Waals surface area contributed by atoms with Crippen molar-refractivity contribution < 1.29 is 14.0 Å². The van der Waals surface area contributed by atoms with Crippen LogP contribution in [0.3, 0.4) is 0 Å². The van der Waals surface area contributed by atoms with Gasteiger partial charge in [0.05, 0.1) is 5.52 Å². The van der Waals surface area contributed by atoms with E-state index in [1.54, 1.807) is 12.1 Å². The summed E-state index contributed by atoms with van der Waals surface area (Å²) >= 11 is 0. The first-order chi connectivity index (χ1) is 9.56. The highest BCUT2D eigenvalue weighted by Crippen LogP contribution is 2.25. The molecule has 6 heteroatoms. The topological polar surface area (TPSA) is 95.3 Å². The summed E-state index contributed by atoms with van der Waals surface area (Å²) in [4.78, 5) is 35.5. The van der Waals surface area contributed by atoms with Crippen molar-refractivity contribution in [3.63, 3.8) is 0 Å². The van der Waals surface area contributed by atoms with Crippen molar-refractivity contribution in [2.75, 3.05) is 5.73 Å². The van der Waals surface area contributed by atoms with Crippen LogP contribution in [-0.4, -0.2) is 16.3 Å². The maximum absolute atomic E-state index is 12.4. The molecule has 1 aliphatic rings. The van der Waals surface area contributed by atoms with Crippen LogP contribution >= 0.6 is 0 Å². The van der Waals surface area contributed by atoms with E-state index in [4.69, 9.17) is 10.2 Å². The first-order valence-corrected chi connectivity index (χ1v) is 6.53. The molecule has 0 spiro atoms. The molecule has 1 saturated carbocycles. The molecule has 6 nitrogen and oxygen atoms in total. The number of nitrogens with two attached hydrogens (primary N) is 1. The van der Waals surface area contributed by atoms with Crippen LogP contribution in [0.4, 0.5) is 5.69 Å². The predicted molar refractivity (Wildman–Crippen MR) is 72.5 cm³/mol. The molecule has 1 fully saturated rings. The molecule has 0 aliphatic heterocycles. The SMILES string of the molecule is Nc1ccc2c(c1)oc(=O)n2C(=O)C1CCC(=O)CC1. The van der Waals surface area contributed by atoms with E-state index in [9.17, 15) is 14.4 Å². The minimum absolute atomic E-state index is 0.172. The number of fused-ring (bicyclic) bond motifs is 1. The highest BCUT2D eigenvalue weighted by atomic mass is 16.4. The molecule has 0 amide bonds. The highest BCUT2D eigenvalue weighted by Gasteiger charge is 2.28. The van der Waals surface area contributed by atoms with E-state index in [2.05, 4.69) is 0 Å². The van der Waals surface area contributed by atoms with Gasteiger partial charge < -0.3 is 10.2 Å². The minimum Gasteiger partial charge on any atom is -0.407 e. The molecule has 1 aliphatic carbocycles. The van der Waals surface area contributed by atoms with Gasteiger partial charge in [0.25, 0.3) is 0 Å². The Labute approximate surface area is 114 Å². The molecular formula is C14H14N2O4. The number of nitrogens with zero attached hydrogens (tertiary/aromatic N) is 1. The first kappa shape index (κ1) is 12.7. The van der Waals surface area contributed by atoms with E-state index in [1.165, 1.54) is 6.07 Å². The smallest absolute Gasteiger partial charge is 0.407 e. The zero-order valence-corrected chi connectivity index (χ0v) is 10.8. The molecule has 1 heterocycles. The third kappa shape index (κ3) is 2.03. The van der Waals surface area contributed by atoms with Gasteiger partial charge in [-0.15, -0.1) is 0 Å². The Hall–Kier alpha value is -2.37. The monoisotopic (exact) mass is 274 g/mol. The van der Waals surface area contributed by atoms with Gasteiger partial charge in [0.1, 0.15) is 5.78 Å². The van der Waals surface area contributed by atoms with Crippen molar-refractivity contribution >= 4 is 28.5 Å². The van der Waals surface area contributed by atoms with Gasteiger partial charge in [0.2, 0.25) is 5.91 Å². The summed E-state index contributed by atoms with van der Waals surface area (Å²) in [5.74, 6) is -1.13. The number of rotatable bonds is 1. The minimum atomic E-state index is -0.701. The van der Waals surface area contributed by atoms with Gasteiger partial charge in [-0.2, -0.15) is 0 Å². The van der Waals surface area contributed by atoms with Crippen molar-refractivity contribution in [1.29, 1.82) is 0 Å². The number of oxazole rings is 1. The van der Waals surface area contributed by atoms with E-state index in [1.807, 2.05) is 0 Å². The summed E-state index contributed by atoms with van der Waals surface area (Å²) < 4.78 is 6.10. The number of ketones is 1. The average molecular weight is 274 g/mol. The molecule has 1 aromatic heterocycles. The molecule has 2 aromatic rings. The Morgan fingerprint density at radius 1 is 1.25 bits per heavy atom. The summed E-state index contributed by atoms with van der Waals surface area (Å²) in [6, 6.07) is 4.73. The molecule has 2 N–H and O–H groups in total. The van der Waals surface area contributed by atoms with Crippen molar-refractivity contribution in [3.05, 3.63) is 28.7 Å². The second-order valence-corrected chi connectivity index (χ2v) is 5.08. The number of carbonyl (C=O) groups is 2. The summed E-state index contributed by atoms with van der Waals surface area (Å²) in [7, 11) is 0. The van der Waals surface area contributed by atoms with Crippen LogP contribution in [0.2, 0.25) is 0 Å². The fourth-order valence-electron chi connectivity index (χ4n) is 2.61. The fraction of sp³-hybridized carbons (Fsp3) is 0.357. The Kier molecular flexibility index (Phi) is 2.93. The largest absolute Gasteiger partial charge is 0.426 e. The van der Waals surface area contributed by atoms with Crippen LogP contribution in [0.25, 0.3) is 11.1 Å². The number of anilines is 1. The summed E-state index contributed by atoms with van der Waals surface area (Å²) in [6.07, 6.45) is 1.78. The molecule has 0 atom stereocenters. The number of hydrogen-bond donors (Lipinski definition) is 1. The fourth-order valence-corrected chi connectivity index (χ4v) is 2.61. The standard InChI is InChI=1S/C14H14N2O4/c15-9-3-6-11-12(7-9)20-14(19)16(11)13(18)8-1-4-10(17)5-2-8/h3,6-8H,1-2,4-5,15H2. The van der Waals surface area contributed by atoms with E-state index < -0.39 is 5.76 Å². The quantitative estimate of drug-likeness (QED) is 0.796.